The molecule has 21 heavy (non-hydrogen) atoms. The number of nitrogens with two attached hydrogens (primary N) is 1. The van der Waals surface area contributed by atoms with Crippen molar-refractivity contribution in [1.82, 2.24) is 20.2 Å². The molecule has 0 aliphatic rings. The first-order valence-electron chi connectivity index (χ1n) is 6.19. The number of halogens is 2. The molecule has 0 bridgehead atoms. The molecule has 0 aliphatic heterocycles. The second-order valence-corrected chi connectivity index (χ2v) is 4.94. The standard InChI is InChI=1S/C14H11ClFN5/c15-13-7-11(17)4-5-12(13)14-18-19-20-21(14)8-9-2-1-3-10(16)6-9/h1-7H,8,17H2. The Bertz CT molecular complexity index is 787. The molecule has 0 saturated heterocycles. The molecule has 0 atom stereocenters. The zero-order chi connectivity index (χ0) is 14.8. The Morgan fingerprint density at radius 2 is 2.05 bits per heavy atom. The van der Waals surface area contributed by atoms with Crippen molar-refractivity contribution in [3.05, 3.63) is 58.9 Å². The van der Waals surface area contributed by atoms with E-state index in [1.165, 1.54) is 12.1 Å². The number of rotatable bonds is 3. The second kappa shape index (κ2) is 5.49. The summed E-state index contributed by atoms with van der Waals surface area (Å²) in [5, 5.41) is 12.0. The molecule has 0 spiro atoms. The maximum Gasteiger partial charge on any atom is 0.183 e. The molecule has 1 aromatic heterocycles. The molecule has 0 saturated carbocycles. The predicted molar refractivity (Wildman–Crippen MR) is 78.2 cm³/mol. The van der Waals surface area contributed by atoms with E-state index in [0.717, 1.165) is 5.56 Å². The molecule has 0 aliphatic carbocycles. The fourth-order valence-electron chi connectivity index (χ4n) is 2.02. The van der Waals surface area contributed by atoms with Gasteiger partial charge in [0.05, 0.1) is 11.6 Å². The van der Waals surface area contributed by atoms with Gasteiger partial charge in [-0.15, -0.1) is 5.10 Å². The highest BCUT2D eigenvalue weighted by Crippen LogP contribution is 2.27. The van der Waals surface area contributed by atoms with E-state index >= 15 is 0 Å². The number of aromatic nitrogens is 4. The lowest BCUT2D eigenvalue weighted by molar-refractivity contribution is 0.615. The lowest BCUT2D eigenvalue weighted by Gasteiger charge is -2.07. The topological polar surface area (TPSA) is 69.6 Å². The first-order valence-corrected chi connectivity index (χ1v) is 6.57. The number of benzene rings is 2. The minimum atomic E-state index is -0.298. The molecule has 5 nitrogen and oxygen atoms in total. The fourth-order valence-corrected chi connectivity index (χ4v) is 2.30. The Balaban J connectivity index is 1.97. The molecule has 3 aromatic rings. The van der Waals surface area contributed by atoms with Gasteiger partial charge in [-0.05, 0) is 46.3 Å². The van der Waals surface area contributed by atoms with Crippen LogP contribution in [-0.4, -0.2) is 20.2 Å². The van der Waals surface area contributed by atoms with Crippen LogP contribution in [0.1, 0.15) is 5.56 Å². The normalized spacial score (nSPS) is 10.8. The molecule has 0 radical (unpaired) electrons. The maximum atomic E-state index is 13.2. The summed E-state index contributed by atoms with van der Waals surface area (Å²) in [5.41, 5.74) is 7.67. The zero-order valence-corrected chi connectivity index (χ0v) is 11.6. The van der Waals surface area contributed by atoms with E-state index in [2.05, 4.69) is 15.5 Å². The third-order valence-electron chi connectivity index (χ3n) is 2.99. The van der Waals surface area contributed by atoms with Crippen LogP contribution >= 0.6 is 11.6 Å². The van der Waals surface area contributed by atoms with Crippen LogP contribution < -0.4 is 5.73 Å². The molecule has 2 aromatic carbocycles. The van der Waals surface area contributed by atoms with Crippen LogP contribution in [0.25, 0.3) is 11.4 Å². The summed E-state index contributed by atoms with van der Waals surface area (Å²) in [4.78, 5) is 0. The SMILES string of the molecule is Nc1ccc(-c2nnnn2Cc2cccc(F)c2)c(Cl)c1. The van der Waals surface area contributed by atoms with Crippen molar-refractivity contribution in [3.63, 3.8) is 0 Å². The van der Waals surface area contributed by atoms with Crippen LogP contribution in [0.2, 0.25) is 5.02 Å². The highest BCUT2D eigenvalue weighted by atomic mass is 35.5. The van der Waals surface area contributed by atoms with Crippen LogP contribution in [0.4, 0.5) is 10.1 Å². The lowest BCUT2D eigenvalue weighted by atomic mass is 10.2. The number of hydrogen-bond acceptors (Lipinski definition) is 4. The minimum Gasteiger partial charge on any atom is -0.399 e. The molecule has 0 fully saturated rings. The summed E-state index contributed by atoms with van der Waals surface area (Å²) < 4.78 is 14.8. The summed E-state index contributed by atoms with van der Waals surface area (Å²) in [6, 6.07) is 11.4. The average Bonchev–Trinajstić information content (AvgIpc) is 2.87. The Kier molecular flexibility index (Phi) is 3.53. The van der Waals surface area contributed by atoms with E-state index in [1.807, 2.05) is 0 Å². The first-order chi connectivity index (χ1) is 10.1. The van der Waals surface area contributed by atoms with E-state index in [0.29, 0.717) is 28.6 Å². The van der Waals surface area contributed by atoms with Crippen LogP contribution in [0.5, 0.6) is 0 Å². The van der Waals surface area contributed by atoms with Gasteiger partial charge >= 0.3 is 0 Å². The van der Waals surface area contributed by atoms with E-state index in [-0.39, 0.29) is 5.82 Å². The van der Waals surface area contributed by atoms with Crippen molar-refractivity contribution in [2.24, 2.45) is 0 Å². The van der Waals surface area contributed by atoms with Gasteiger partial charge in [-0.2, -0.15) is 0 Å². The number of nitrogens with zero attached hydrogens (tertiary/aromatic N) is 4. The fraction of sp³-hybridized carbons (Fsp3) is 0.0714. The number of anilines is 1. The van der Waals surface area contributed by atoms with Crippen LogP contribution in [-0.2, 0) is 6.54 Å². The van der Waals surface area contributed by atoms with Crippen molar-refractivity contribution in [3.8, 4) is 11.4 Å². The average molecular weight is 304 g/mol. The Labute approximate surface area is 125 Å². The highest BCUT2D eigenvalue weighted by molar-refractivity contribution is 6.33. The van der Waals surface area contributed by atoms with Crippen molar-refractivity contribution in [1.29, 1.82) is 0 Å². The first kappa shape index (κ1) is 13.5. The van der Waals surface area contributed by atoms with E-state index in [4.69, 9.17) is 17.3 Å². The molecule has 106 valence electrons. The summed E-state index contributed by atoms with van der Waals surface area (Å²) in [5.74, 6) is 0.205. The zero-order valence-electron chi connectivity index (χ0n) is 10.9. The molecule has 0 unspecified atom stereocenters. The monoisotopic (exact) mass is 303 g/mol. The van der Waals surface area contributed by atoms with Gasteiger partial charge in [-0.25, -0.2) is 9.07 Å². The molecule has 7 heteroatoms. The third-order valence-corrected chi connectivity index (χ3v) is 3.30. The highest BCUT2D eigenvalue weighted by Gasteiger charge is 2.13. The molecular weight excluding hydrogens is 293 g/mol. The van der Waals surface area contributed by atoms with Crippen molar-refractivity contribution in [2.75, 3.05) is 5.73 Å². The van der Waals surface area contributed by atoms with Gasteiger partial charge in [0.15, 0.2) is 5.82 Å². The summed E-state index contributed by atoms with van der Waals surface area (Å²) in [6.45, 7) is 0.348. The number of tetrazole rings is 1. The van der Waals surface area contributed by atoms with Gasteiger partial charge < -0.3 is 5.73 Å². The van der Waals surface area contributed by atoms with Gasteiger partial charge in [0.2, 0.25) is 0 Å². The van der Waals surface area contributed by atoms with E-state index in [1.54, 1.807) is 35.0 Å². The number of nitrogen functional groups attached to an aromatic ring is 1. The van der Waals surface area contributed by atoms with E-state index < -0.39 is 0 Å². The van der Waals surface area contributed by atoms with Gasteiger partial charge in [0.25, 0.3) is 0 Å². The van der Waals surface area contributed by atoms with Crippen LogP contribution in [0.15, 0.2) is 42.5 Å². The third kappa shape index (κ3) is 2.85. The summed E-state index contributed by atoms with van der Waals surface area (Å²) >= 11 is 6.17. The minimum absolute atomic E-state index is 0.298. The van der Waals surface area contributed by atoms with Crippen molar-refractivity contribution in [2.45, 2.75) is 6.54 Å². The Morgan fingerprint density at radius 3 is 2.81 bits per heavy atom. The van der Waals surface area contributed by atoms with Crippen molar-refractivity contribution < 1.29 is 4.39 Å². The number of hydrogen-bond donors (Lipinski definition) is 1. The Hall–Kier alpha value is -2.47. The van der Waals surface area contributed by atoms with Gasteiger partial charge in [-0.3, -0.25) is 0 Å². The quantitative estimate of drug-likeness (QED) is 0.755. The van der Waals surface area contributed by atoms with Gasteiger partial charge in [0, 0.05) is 11.3 Å². The molecule has 3 rings (SSSR count). The molecule has 0 amide bonds. The maximum absolute atomic E-state index is 13.2. The summed E-state index contributed by atoms with van der Waals surface area (Å²) in [7, 11) is 0. The van der Waals surface area contributed by atoms with Crippen LogP contribution in [0.3, 0.4) is 0 Å². The largest absolute Gasteiger partial charge is 0.399 e. The van der Waals surface area contributed by atoms with E-state index in [9.17, 15) is 4.39 Å². The summed E-state index contributed by atoms with van der Waals surface area (Å²) in [6.07, 6.45) is 0. The predicted octanol–water partition coefficient (Wildman–Crippen LogP) is 2.76. The molecule has 2 N–H and O–H groups in total. The second-order valence-electron chi connectivity index (χ2n) is 4.53. The molecule has 1 heterocycles. The van der Waals surface area contributed by atoms with Crippen LogP contribution in [0, 0.1) is 5.82 Å². The Morgan fingerprint density at radius 1 is 1.19 bits per heavy atom. The van der Waals surface area contributed by atoms with Gasteiger partial charge in [-0.1, -0.05) is 23.7 Å². The smallest absolute Gasteiger partial charge is 0.183 e. The molecular formula is C14H11ClFN5. The lowest BCUT2D eigenvalue weighted by Crippen LogP contribution is -2.05. The van der Waals surface area contributed by atoms with Gasteiger partial charge in [0.1, 0.15) is 5.82 Å². The van der Waals surface area contributed by atoms with Crippen molar-refractivity contribution >= 4 is 17.3 Å².